The normalized spacial score (nSPS) is 10.7. The van der Waals surface area contributed by atoms with Crippen molar-refractivity contribution in [3.63, 3.8) is 0 Å². The van der Waals surface area contributed by atoms with Crippen molar-refractivity contribution in [2.75, 3.05) is 0 Å². The molecule has 1 aromatic heterocycles. The van der Waals surface area contributed by atoms with Crippen LogP contribution in [-0.4, -0.2) is 10.5 Å². The molecule has 1 amide bonds. The van der Waals surface area contributed by atoms with E-state index in [1.54, 1.807) is 0 Å². The minimum absolute atomic E-state index is 0.0537. The first kappa shape index (κ1) is 9.92. The lowest BCUT2D eigenvalue weighted by molar-refractivity contribution is -0.118. The van der Waals surface area contributed by atoms with Gasteiger partial charge >= 0.3 is 4.87 Å². The van der Waals surface area contributed by atoms with Gasteiger partial charge in [-0.3, -0.25) is 14.2 Å². The van der Waals surface area contributed by atoms with Crippen LogP contribution in [0.1, 0.15) is 5.56 Å². The van der Waals surface area contributed by atoms with Crippen LogP contribution in [0.3, 0.4) is 0 Å². The topological polar surface area (TPSA) is 65.1 Å². The van der Waals surface area contributed by atoms with E-state index < -0.39 is 5.91 Å². The molecule has 0 spiro atoms. The summed E-state index contributed by atoms with van der Waals surface area (Å²) in [6.45, 7) is 1.91. The van der Waals surface area contributed by atoms with Crippen molar-refractivity contribution in [2.45, 2.75) is 13.5 Å². The third-order valence-electron chi connectivity index (χ3n) is 2.14. The van der Waals surface area contributed by atoms with Gasteiger partial charge in [0.15, 0.2) is 0 Å². The lowest BCUT2D eigenvalue weighted by Crippen LogP contribution is -2.24. The summed E-state index contributed by atoms with van der Waals surface area (Å²) in [6, 6.07) is 5.68. The largest absolute Gasteiger partial charge is 0.368 e. The molecule has 0 atom stereocenters. The molecule has 2 aromatic rings. The Morgan fingerprint density at radius 2 is 2.27 bits per heavy atom. The number of aromatic nitrogens is 1. The van der Waals surface area contributed by atoms with Gasteiger partial charge in [-0.1, -0.05) is 17.4 Å². The Morgan fingerprint density at radius 1 is 1.53 bits per heavy atom. The van der Waals surface area contributed by atoms with Crippen LogP contribution >= 0.6 is 11.3 Å². The third kappa shape index (κ3) is 1.78. The Labute approximate surface area is 89.9 Å². The molecule has 0 radical (unpaired) electrons. The number of amides is 1. The van der Waals surface area contributed by atoms with Crippen molar-refractivity contribution < 1.29 is 4.79 Å². The van der Waals surface area contributed by atoms with Gasteiger partial charge in [-0.05, 0) is 24.6 Å². The zero-order valence-corrected chi connectivity index (χ0v) is 9.00. The number of nitrogens with two attached hydrogens (primary N) is 1. The van der Waals surface area contributed by atoms with E-state index in [1.165, 1.54) is 4.57 Å². The van der Waals surface area contributed by atoms with E-state index in [2.05, 4.69) is 0 Å². The number of benzene rings is 1. The molecule has 78 valence electrons. The van der Waals surface area contributed by atoms with E-state index >= 15 is 0 Å². The molecule has 0 aliphatic heterocycles. The molecule has 2 rings (SSSR count). The van der Waals surface area contributed by atoms with Crippen LogP contribution in [0.15, 0.2) is 23.0 Å². The molecule has 1 aromatic carbocycles. The minimum Gasteiger partial charge on any atom is -0.368 e. The molecule has 0 bridgehead atoms. The summed E-state index contributed by atoms with van der Waals surface area (Å²) in [5.41, 5.74) is 6.94. The summed E-state index contributed by atoms with van der Waals surface area (Å²) in [5.74, 6) is -0.502. The van der Waals surface area contributed by atoms with Gasteiger partial charge < -0.3 is 5.73 Å². The second-order valence-electron chi connectivity index (χ2n) is 3.39. The first-order chi connectivity index (χ1) is 7.08. The predicted octanol–water partition coefficient (Wildman–Crippen LogP) is 0.857. The van der Waals surface area contributed by atoms with Crippen molar-refractivity contribution in [1.82, 2.24) is 4.57 Å². The maximum absolute atomic E-state index is 11.6. The van der Waals surface area contributed by atoms with Gasteiger partial charge in [0.1, 0.15) is 6.54 Å². The van der Waals surface area contributed by atoms with Crippen LogP contribution in [0.2, 0.25) is 0 Å². The standard InChI is InChI=1S/C10H10N2O2S/c1-6-2-3-7-8(4-6)15-10(14)12(7)5-9(11)13/h2-4H,5H2,1H3,(H2,11,13). The average Bonchev–Trinajstić information content (AvgIpc) is 2.41. The van der Waals surface area contributed by atoms with Gasteiger partial charge in [-0.15, -0.1) is 0 Å². The van der Waals surface area contributed by atoms with Crippen LogP contribution in [0.5, 0.6) is 0 Å². The summed E-state index contributed by atoms with van der Waals surface area (Å²) in [7, 11) is 0. The van der Waals surface area contributed by atoms with Crippen LogP contribution < -0.4 is 10.6 Å². The molecule has 0 unspecified atom stereocenters. The highest BCUT2D eigenvalue weighted by Crippen LogP contribution is 2.18. The summed E-state index contributed by atoms with van der Waals surface area (Å²) in [4.78, 5) is 22.2. The van der Waals surface area contributed by atoms with Crippen LogP contribution in [-0.2, 0) is 11.3 Å². The van der Waals surface area contributed by atoms with Crippen molar-refractivity contribution in [3.8, 4) is 0 Å². The number of nitrogens with zero attached hydrogens (tertiary/aromatic N) is 1. The van der Waals surface area contributed by atoms with Gasteiger partial charge in [0.05, 0.1) is 10.2 Å². The number of hydrogen-bond acceptors (Lipinski definition) is 3. The fourth-order valence-corrected chi connectivity index (χ4v) is 2.47. The lowest BCUT2D eigenvalue weighted by Gasteiger charge is -1.99. The summed E-state index contributed by atoms with van der Waals surface area (Å²) in [6.07, 6.45) is 0. The fourth-order valence-electron chi connectivity index (χ4n) is 1.48. The zero-order chi connectivity index (χ0) is 11.0. The maximum Gasteiger partial charge on any atom is 0.308 e. The molecule has 0 aliphatic carbocycles. The Kier molecular flexibility index (Phi) is 2.32. The van der Waals surface area contributed by atoms with E-state index in [9.17, 15) is 9.59 Å². The molecule has 4 nitrogen and oxygen atoms in total. The Morgan fingerprint density at radius 3 is 2.93 bits per heavy atom. The number of carbonyl (C=O) groups is 1. The molecule has 0 saturated carbocycles. The predicted molar refractivity (Wildman–Crippen MR) is 60.0 cm³/mol. The molecule has 0 saturated heterocycles. The number of hydrogen-bond donors (Lipinski definition) is 1. The Bertz CT molecular complexity index is 583. The van der Waals surface area contributed by atoms with Crippen LogP contribution in [0, 0.1) is 6.92 Å². The Hall–Kier alpha value is -1.62. The van der Waals surface area contributed by atoms with Gasteiger partial charge in [-0.25, -0.2) is 0 Å². The van der Waals surface area contributed by atoms with E-state index in [0.29, 0.717) is 0 Å². The van der Waals surface area contributed by atoms with E-state index in [4.69, 9.17) is 5.73 Å². The molecule has 1 heterocycles. The van der Waals surface area contributed by atoms with Crippen molar-refractivity contribution in [1.29, 1.82) is 0 Å². The highest BCUT2D eigenvalue weighted by atomic mass is 32.1. The van der Waals surface area contributed by atoms with Crippen molar-refractivity contribution >= 4 is 27.5 Å². The molecule has 2 N–H and O–H groups in total. The highest BCUT2D eigenvalue weighted by molar-refractivity contribution is 7.16. The summed E-state index contributed by atoms with van der Waals surface area (Å²) < 4.78 is 2.29. The molecule has 15 heavy (non-hydrogen) atoms. The fraction of sp³-hybridized carbons (Fsp3) is 0.200. The Balaban J connectivity index is 2.68. The number of primary amides is 1. The molecular weight excluding hydrogens is 212 g/mol. The lowest BCUT2D eigenvalue weighted by atomic mass is 10.2. The second kappa shape index (κ2) is 3.51. The smallest absolute Gasteiger partial charge is 0.308 e. The van der Waals surface area contributed by atoms with Crippen LogP contribution in [0.4, 0.5) is 0 Å². The minimum atomic E-state index is -0.502. The van der Waals surface area contributed by atoms with E-state index in [1.807, 2.05) is 25.1 Å². The van der Waals surface area contributed by atoms with Gasteiger partial charge in [0.2, 0.25) is 5.91 Å². The van der Waals surface area contributed by atoms with Gasteiger partial charge in [-0.2, -0.15) is 0 Å². The highest BCUT2D eigenvalue weighted by Gasteiger charge is 2.08. The third-order valence-corrected chi connectivity index (χ3v) is 3.08. The molecule has 0 aliphatic rings. The quantitative estimate of drug-likeness (QED) is 0.818. The SMILES string of the molecule is Cc1ccc2c(c1)sc(=O)n2CC(N)=O. The van der Waals surface area contributed by atoms with Crippen molar-refractivity contribution in [3.05, 3.63) is 33.4 Å². The first-order valence-electron chi connectivity index (χ1n) is 4.46. The summed E-state index contributed by atoms with van der Waals surface area (Å²) >= 11 is 1.13. The van der Waals surface area contributed by atoms with Crippen molar-refractivity contribution in [2.24, 2.45) is 5.73 Å². The number of thiazole rings is 1. The first-order valence-corrected chi connectivity index (χ1v) is 5.28. The number of aryl methyl sites for hydroxylation is 1. The van der Waals surface area contributed by atoms with E-state index in [-0.39, 0.29) is 11.4 Å². The monoisotopic (exact) mass is 222 g/mol. The second-order valence-corrected chi connectivity index (χ2v) is 4.38. The van der Waals surface area contributed by atoms with Crippen LogP contribution in [0.25, 0.3) is 10.2 Å². The molecule has 5 heteroatoms. The van der Waals surface area contributed by atoms with E-state index in [0.717, 1.165) is 27.1 Å². The number of rotatable bonds is 2. The van der Waals surface area contributed by atoms with Gasteiger partial charge in [0.25, 0.3) is 0 Å². The maximum atomic E-state index is 11.6. The number of carbonyl (C=O) groups excluding carboxylic acids is 1. The average molecular weight is 222 g/mol. The molecular formula is C10H10N2O2S. The zero-order valence-electron chi connectivity index (χ0n) is 8.19. The number of fused-ring (bicyclic) bond motifs is 1. The molecule has 0 fully saturated rings. The van der Waals surface area contributed by atoms with Gasteiger partial charge in [0, 0.05) is 0 Å². The summed E-state index contributed by atoms with van der Waals surface area (Å²) in [5, 5.41) is 0.